The number of carbonyl (C=O) groups is 1. The molecular formula is C43H56Cl2N4O4. The number of benzene rings is 2. The molecule has 2 aromatic carbocycles. The molecular weight excluding hydrogens is 707 g/mol. The summed E-state index contributed by atoms with van der Waals surface area (Å²) >= 11 is 13.3. The van der Waals surface area contributed by atoms with Gasteiger partial charge in [-0.15, -0.1) is 0 Å². The standard InChI is InChI=1S/C43H56Cl2N4O4/c1-28(27-52-38-11-16-46-37-10-5-7-29(2)40(37)38)21-32-22-31-23-36(45)39(53-30(3)26-49-19-17-48(4)18-20-49)25-35(31)42(32)12-14-43(15-13-42,41(50)51)47-34-9-6-8-33(44)24-34/h6,8-9,11,16,23-25,28-30,32,47H,5,7,10,12-15,17-22,26-27H2,1-4H3,(H,50,51)/t28-,29-,30?,32?,42?,43?/m1/s1. The Balaban J connectivity index is 1.13. The first-order valence-electron chi connectivity index (χ1n) is 19.7. The van der Waals surface area contributed by atoms with Crippen LogP contribution < -0.4 is 14.8 Å². The molecule has 7 rings (SSSR count). The molecule has 2 fully saturated rings. The number of fused-ring (bicyclic) bond motifs is 3. The number of carboxylic acids is 1. The molecule has 10 heteroatoms. The average molecular weight is 764 g/mol. The number of ether oxygens (including phenoxy) is 2. The van der Waals surface area contributed by atoms with Gasteiger partial charge in [-0.25, -0.2) is 4.79 Å². The molecule has 2 heterocycles. The molecule has 3 aromatic rings. The number of aryl methyl sites for hydroxylation is 1. The predicted molar refractivity (Wildman–Crippen MR) is 213 cm³/mol. The molecule has 3 aliphatic carbocycles. The first-order chi connectivity index (χ1) is 25.4. The van der Waals surface area contributed by atoms with E-state index in [4.69, 9.17) is 32.7 Å². The minimum absolute atomic E-state index is 0.0196. The normalized spacial score (nSPS) is 27.1. The fourth-order valence-corrected chi connectivity index (χ4v) is 10.3. The van der Waals surface area contributed by atoms with E-state index in [1.165, 1.54) is 35.2 Å². The highest BCUT2D eigenvalue weighted by Gasteiger charge is 2.54. The third kappa shape index (κ3) is 8.17. The zero-order valence-electron chi connectivity index (χ0n) is 31.8. The number of aromatic nitrogens is 1. The van der Waals surface area contributed by atoms with Gasteiger partial charge in [0.05, 0.1) is 11.6 Å². The van der Waals surface area contributed by atoms with Crippen LogP contribution in [0.1, 0.15) is 94.0 Å². The molecule has 0 radical (unpaired) electrons. The van der Waals surface area contributed by atoms with E-state index in [0.29, 0.717) is 47.2 Å². The van der Waals surface area contributed by atoms with E-state index in [9.17, 15) is 9.90 Å². The maximum absolute atomic E-state index is 13.1. The molecule has 1 spiro atoms. The topological polar surface area (TPSA) is 87.2 Å². The lowest BCUT2D eigenvalue weighted by molar-refractivity contribution is -0.144. The van der Waals surface area contributed by atoms with Crippen LogP contribution in [0, 0.1) is 11.8 Å². The van der Waals surface area contributed by atoms with Crippen molar-refractivity contribution in [3.05, 3.63) is 81.1 Å². The number of halogens is 2. The summed E-state index contributed by atoms with van der Waals surface area (Å²) in [5, 5.41) is 15.3. The maximum Gasteiger partial charge on any atom is 0.329 e. The fraction of sp³-hybridized carbons (Fsp3) is 0.581. The van der Waals surface area contributed by atoms with Crippen molar-refractivity contribution < 1.29 is 19.4 Å². The quantitative estimate of drug-likeness (QED) is 0.189. The molecule has 1 aliphatic heterocycles. The lowest BCUT2D eigenvalue weighted by Crippen LogP contribution is -2.53. The Morgan fingerprint density at radius 2 is 1.83 bits per heavy atom. The monoisotopic (exact) mass is 762 g/mol. The van der Waals surface area contributed by atoms with E-state index in [2.05, 4.69) is 60.1 Å². The van der Waals surface area contributed by atoms with E-state index in [1.807, 2.05) is 36.5 Å². The van der Waals surface area contributed by atoms with Crippen LogP contribution >= 0.6 is 23.2 Å². The molecule has 2 unspecified atom stereocenters. The van der Waals surface area contributed by atoms with Gasteiger partial charge in [-0.1, -0.05) is 43.1 Å². The van der Waals surface area contributed by atoms with Gasteiger partial charge in [0.25, 0.3) is 0 Å². The Labute approximate surface area is 325 Å². The number of hydrogen-bond donors (Lipinski definition) is 2. The zero-order valence-corrected chi connectivity index (χ0v) is 33.3. The van der Waals surface area contributed by atoms with E-state index in [1.54, 1.807) is 0 Å². The van der Waals surface area contributed by atoms with Crippen LogP contribution in [0.4, 0.5) is 5.69 Å². The van der Waals surface area contributed by atoms with Crippen molar-refractivity contribution in [2.75, 3.05) is 51.7 Å². The van der Waals surface area contributed by atoms with Crippen molar-refractivity contribution in [3.8, 4) is 11.5 Å². The zero-order chi connectivity index (χ0) is 37.3. The van der Waals surface area contributed by atoms with Gasteiger partial charge in [0.2, 0.25) is 0 Å². The fourth-order valence-electron chi connectivity index (χ4n) is 9.84. The first-order valence-corrected chi connectivity index (χ1v) is 20.5. The maximum atomic E-state index is 13.1. The van der Waals surface area contributed by atoms with Crippen LogP contribution in [0.25, 0.3) is 0 Å². The number of hydrogen-bond acceptors (Lipinski definition) is 7. The summed E-state index contributed by atoms with van der Waals surface area (Å²) in [6, 6.07) is 13.7. The number of anilines is 1. The average Bonchev–Trinajstić information content (AvgIpc) is 3.40. The molecule has 1 saturated heterocycles. The van der Waals surface area contributed by atoms with Gasteiger partial charge in [-0.05, 0) is 142 Å². The molecule has 8 nitrogen and oxygen atoms in total. The number of nitrogens with one attached hydrogen (secondary N) is 1. The van der Waals surface area contributed by atoms with Crippen molar-refractivity contribution in [2.24, 2.45) is 11.8 Å². The Bertz CT molecular complexity index is 1770. The minimum atomic E-state index is -1.09. The molecule has 4 aliphatic rings. The first kappa shape index (κ1) is 38.2. The van der Waals surface area contributed by atoms with Crippen LogP contribution in [-0.2, 0) is 23.1 Å². The Morgan fingerprint density at radius 3 is 2.57 bits per heavy atom. The molecule has 4 atom stereocenters. The molecule has 2 N–H and O–H groups in total. The van der Waals surface area contributed by atoms with Crippen molar-refractivity contribution in [2.45, 2.75) is 102 Å². The second kappa shape index (κ2) is 16.0. The van der Waals surface area contributed by atoms with Crippen LogP contribution in [0.5, 0.6) is 11.5 Å². The molecule has 53 heavy (non-hydrogen) atoms. The van der Waals surface area contributed by atoms with Crippen molar-refractivity contribution >= 4 is 34.9 Å². The van der Waals surface area contributed by atoms with Crippen LogP contribution in [0.2, 0.25) is 10.0 Å². The Kier molecular flexibility index (Phi) is 11.5. The van der Waals surface area contributed by atoms with E-state index in [0.717, 1.165) is 82.0 Å². The summed E-state index contributed by atoms with van der Waals surface area (Å²) in [5.74, 6) is 1.94. The Morgan fingerprint density at radius 1 is 1.06 bits per heavy atom. The molecule has 0 amide bonds. The van der Waals surface area contributed by atoms with Crippen molar-refractivity contribution in [3.63, 3.8) is 0 Å². The number of aliphatic carboxylic acids is 1. The molecule has 1 saturated carbocycles. The van der Waals surface area contributed by atoms with Crippen molar-refractivity contribution in [1.29, 1.82) is 0 Å². The van der Waals surface area contributed by atoms with Gasteiger partial charge < -0.3 is 24.8 Å². The third-order valence-corrected chi connectivity index (χ3v) is 13.3. The third-order valence-electron chi connectivity index (χ3n) is 12.8. The van der Waals surface area contributed by atoms with Crippen molar-refractivity contribution in [1.82, 2.24) is 14.8 Å². The van der Waals surface area contributed by atoms with E-state index >= 15 is 0 Å². The summed E-state index contributed by atoms with van der Waals surface area (Å²) < 4.78 is 13.2. The highest BCUT2D eigenvalue weighted by molar-refractivity contribution is 6.32. The highest BCUT2D eigenvalue weighted by Crippen LogP contribution is 2.57. The second-order valence-electron chi connectivity index (χ2n) is 16.7. The summed E-state index contributed by atoms with van der Waals surface area (Å²) in [7, 11) is 2.17. The smallest absolute Gasteiger partial charge is 0.329 e. The van der Waals surface area contributed by atoms with Gasteiger partial charge in [0.1, 0.15) is 23.1 Å². The van der Waals surface area contributed by atoms with Gasteiger partial charge in [-0.3, -0.25) is 9.88 Å². The second-order valence-corrected chi connectivity index (χ2v) is 17.5. The van der Waals surface area contributed by atoms with Crippen LogP contribution in [-0.4, -0.2) is 83.9 Å². The largest absolute Gasteiger partial charge is 0.493 e. The van der Waals surface area contributed by atoms with Gasteiger partial charge in [0.15, 0.2) is 0 Å². The van der Waals surface area contributed by atoms with Crippen LogP contribution in [0.3, 0.4) is 0 Å². The van der Waals surface area contributed by atoms with Gasteiger partial charge in [-0.2, -0.15) is 0 Å². The number of rotatable bonds is 12. The number of carboxylic acid groups (broad SMARTS) is 1. The van der Waals surface area contributed by atoms with Gasteiger partial charge in [0, 0.05) is 60.9 Å². The molecule has 286 valence electrons. The lowest BCUT2D eigenvalue weighted by Gasteiger charge is -2.47. The number of nitrogens with zero attached hydrogens (tertiary/aromatic N) is 3. The summed E-state index contributed by atoms with van der Waals surface area (Å²) in [4.78, 5) is 22.6. The van der Waals surface area contributed by atoms with E-state index < -0.39 is 11.5 Å². The minimum Gasteiger partial charge on any atom is -0.493 e. The predicted octanol–water partition coefficient (Wildman–Crippen LogP) is 8.87. The SMILES string of the molecule is CC(CN1CCN(C)CC1)Oc1cc2c(cc1Cl)CC(C[C@@H](C)COc1ccnc3c1[C@H](C)CCC3)C21CCC(Nc2cccc(Cl)c2)(C(=O)O)CC1. The summed E-state index contributed by atoms with van der Waals surface area (Å²) in [5.41, 5.74) is 4.45. The molecule has 0 bridgehead atoms. The van der Waals surface area contributed by atoms with E-state index in [-0.39, 0.29) is 11.5 Å². The molecule has 1 aromatic heterocycles. The Hall–Kier alpha value is -3.04. The number of likely N-dealkylation sites (N-methyl/N-ethyl adjacent to an activating group) is 1. The lowest BCUT2D eigenvalue weighted by atomic mass is 9.59. The summed E-state index contributed by atoms with van der Waals surface area (Å²) in [6.45, 7) is 12.4. The highest BCUT2D eigenvalue weighted by atomic mass is 35.5. The number of piperazine rings is 1. The van der Waals surface area contributed by atoms with Crippen LogP contribution in [0.15, 0.2) is 48.7 Å². The van der Waals surface area contributed by atoms with Gasteiger partial charge >= 0.3 is 5.97 Å². The summed E-state index contributed by atoms with van der Waals surface area (Å²) in [6.07, 6.45) is 9.57. The number of pyridine rings is 1.